The van der Waals surface area contributed by atoms with Crippen LogP contribution in [0.25, 0.3) is 10.9 Å². The van der Waals surface area contributed by atoms with Crippen LogP contribution in [0.1, 0.15) is 31.2 Å². The summed E-state index contributed by atoms with van der Waals surface area (Å²) in [5.41, 5.74) is 1.46. The van der Waals surface area contributed by atoms with E-state index >= 15 is 0 Å². The summed E-state index contributed by atoms with van der Waals surface area (Å²) < 4.78 is 0. The maximum Gasteiger partial charge on any atom is 0.137 e. The van der Waals surface area contributed by atoms with Crippen molar-refractivity contribution in [2.24, 2.45) is 0 Å². The second-order valence-electron chi connectivity index (χ2n) is 7.56. The van der Waals surface area contributed by atoms with Crippen LogP contribution in [0.4, 0.5) is 5.82 Å². The van der Waals surface area contributed by atoms with Gasteiger partial charge in [0.1, 0.15) is 12.1 Å². The molecule has 2 aliphatic rings. The zero-order valence-corrected chi connectivity index (χ0v) is 15.4. The smallest absolute Gasteiger partial charge is 0.137 e. The number of hydrogen-bond acceptors (Lipinski definition) is 6. The molecule has 4 rings (SSSR count). The summed E-state index contributed by atoms with van der Waals surface area (Å²) in [7, 11) is 2.21. The molecule has 1 saturated heterocycles. The van der Waals surface area contributed by atoms with Crippen LogP contribution in [-0.4, -0.2) is 65.1 Å². The quantitative estimate of drug-likeness (QED) is 0.917. The summed E-state index contributed by atoms with van der Waals surface area (Å²) in [4.78, 5) is 13.9. The first kappa shape index (κ1) is 17.2. The van der Waals surface area contributed by atoms with Crippen molar-refractivity contribution < 1.29 is 0 Å². The van der Waals surface area contributed by atoms with E-state index in [1.807, 2.05) is 18.2 Å². The molecule has 1 saturated carbocycles. The van der Waals surface area contributed by atoms with Gasteiger partial charge in [0.25, 0.3) is 0 Å². The first-order chi connectivity index (χ1) is 12.7. The van der Waals surface area contributed by atoms with E-state index in [0.29, 0.717) is 11.6 Å². The minimum atomic E-state index is 0.465. The van der Waals surface area contributed by atoms with Gasteiger partial charge in [-0.25, -0.2) is 9.97 Å². The van der Waals surface area contributed by atoms with E-state index in [1.165, 1.54) is 51.9 Å². The topological polar surface area (TPSA) is 68.1 Å². The van der Waals surface area contributed by atoms with Crippen molar-refractivity contribution in [1.82, 2.24) is 19.8 Å². The predicted octanol–water partition coefficient (Wildman–Crippen LogP) is 2.47. The Labute approximate surface area is 154 Å². The Hall–Kier alpha value is -2.23. The van der Waals surface area contributed by atoms with Gasteiger partial charge >= 0.3 is 0 Å². The molecule has 1 aliphatic carbocycles. The Morgan fingerprint density at radius 1 is 1.08 bits per heavy atom. The molecule has 1 aromatic heterocycles. The third-order valence-electron chi connectivity index (χ3n) is 5.86. The lowest BCUT2D eigenvalue weighted by Crippen LogP contribution is -2.50. The van der Waals surface area contributed by atoms with E-state index in [1.54, 1.807) is 6.33 Å². The molecule has 0 bridgehead atoms. The Kier molecular flexibility index (Phi) is 5.00. The predicted molar refractivity (Wildman–Crippen MR) is 103 cm³/mol. The van der Waals surface area contributed by atoms with Crippen LogP contribution in [0, 0.1) is 11.3 Å². The molecule has 1 N–H and O–H groups in total. The van der Waals surface area contributed by atoms with E-state index in [9.17, 15) is 0 Å². The molecule has 0 radical (unpaired) electrons. The third-order valence-corrected chi connectivity index (χ3v) is 5.86. The van der Waals surface area contributed by atoms with Gasteiger partial charge in [0.05, 0.1) is 17.1 Å². The molecule has 1 aliphatic heterocycles. The summed E-state index contributed by atoms with van der Waals surface area (Å²) >= 11 is 0. The van der Waals surface area contributed by atoms with Crippen molar-refractivity contribution in [1.29, 1.82) is 5.26 Å². The Morgan fingerprint density at radius 2 is 1.85 bits per heavy atom. The monoisotopic (exact) mass is 350 g/mol. The fourth-order valence-electron chi connectivity index (χ4n) is 4.21. The van der Waals surface area contributed by atoms with E-state index in [4.69, 9.17) is 5.26 Å². The molecule has 0 unspecified atom stereocenters. The summed E-state index contributed by atoms with van der Waals surface area (Å²) in [5, 5.41) is 13.7. The van der Waals surface area contributed by atoms with Crippen molar-refractivity contribution in [2.75, 3.05) is 38.5 Å². The number of nitrogens with zero attached hydrogens (tertiary/aromatic N) is 5. The summed E-state index contributed by atoms with van der Waals surface area (Å²) in [6.45, 7) is 4.79. The highest BCUT2D eigenvalue weighted by molar-refractivity contribution is 5.89. The first-order valence-electron chi connectivity index (χ1n) is 9.57. The number of hydrogen-bond donors (Lipinski definition) is 1. The third kappa shape index (κ3) is 3.64. The molecule has 0 atom stereocenters. The van der Waals surface area contributed by atoms with Gasteiger partial charge in [-0.2, -0.15) is 5.26 Å². The molecule has 1 aromatic carbocycles. The fourth-order valence-corrected chi connectivity index (χ4v) is 4.21. The van der Waals surface area contributed by atoms with Gasteiger partial charge in [-0.1, -0.05) is 0 Å². The minimum absolute atomic E-state index is 0.465. The van der Waals surface area contributed by atoms with E-state index in [2.05, 4.69) is 38.2 Å². The average Bonchev–Trinajstić information content (AvgIpc) is 2.69. The lowest BCUT2D eigenvalue weighted by atomic mass is 9.89. The van der Waals surface area contributed by atoms with Crippen LogP contribution in [0.15, 0.2) is 24.5 Å². The number of rotatable bonds is 3. The molecule has 6 heteroatoms. The number of fused-ring (bicyclic) bond motifs is 1. The number of piperazine rings is 1. The second kappa shape index (κ2) is 7.56. The van der Waals surface area contributed by atoms with Gasteiger partial charge in [-0.3, -0.25) is 4.90 Å². The lowest BCUT2D eigenvalue weighted by Gasteiger charge is -2.41. The number of nitrogens with one attached hydrogen (secondary N) is 1. The highest BCUT2D eigenvalue weighted by atomic mass is 15.3. The maximum atomic E-state index is 9.06. The molecule has 6 nitrogen and oxygen atoms in total. The van der Waals surface area contributed by atoms with Gasteiger partial charge in [0.2, 0.25) is 0 Å². The lowest BCUT2D eigenvalue weighted by molar-refractivity contribution is 0.0894. The summed E-state index contributed by atoms with van der Waals surface area (Å²) in [6, 6.07) is 8.98. The maximum absolute atomic E-state index is 9.06. The number of likely N-dealkylation sites (N-methyl/N-ethyl adjacent to an activating group) is 1. The van der Waals surface area contributed by atoms with Crippen LogP contribution >= 0.6 is 0 Å². The van der Waals surface area contributed by atoms with E-state index in [0.717, 1.165) is 22.8 Å². The van der Waals surface area contributed by atoms with Crippen molar-refractivity contribution in [3.05, 3.63) is 30.1 Å². The number of anilines is 1. The van der Waals surface area contributed by atoms with Crippen LogP contribution in [0.5, 0.6) is 0 Å². The molecule has 26 heavy (non-hydrogen) atoms. The summed E-state index contributed by atoms with van der Waals surface area (Å²) in [5.74, 6) is 0.891. The van der Waals surface area contributed by atoms with Gasteiger partial charge in [-0.05, 0) is 50.9 Å². The van der Waals surface area contributed by atoms with Crippen molar-refractivity contribution >= 4 is 16.7 Å². The zero-order chi connectivity index (χ0) is 17.9. The molecule has 2 aromatic rings. The minimum Gasteiger partial charge on any atom is -0.367 e. The van der Waals surface area contributed by atoms with Crippen LogP contribution in [-0.2, 0) is 0 Å². The molecular weight excluding hydrogens is 324 g/mol. The fraction of sp³-hybridized carbons (Fsp3) is 0.550. The van der Waals surface area contributed by atoms with Crippen LogP contribution in [0.3, 0.4) is 0 Å². The molecule has 2 heterocycles. The molecule has 136 valence electrons. The second-order valence-corrected chi connectivity index (χ2v) is 7.56. The molecule has 2 fully saturated rings. The highest BCUT2D eigenvalue weighted by Crippen LogP contribution is 2.28. The Bertz CT molecular complexity index is 798. The highest BCUT2D eigenvalue weighted by Gasteiger charge is 2.27. The zero-order valence-electron chi connectivity index (χ0n) is 15.4. The number of aromatic nitrogens is 2. The van der Waals surface area contributed by atoms with Crippen molar-refractivity contribution in [2.45, 2.75) is 37.8 Å². The number of nitriles is 1. The van der Waals surface area contributed by atoms with Crippen molar-refractivity contribution in [3.8, 4) is 6.07 Å². The van der Waals surface area contributed by atoms with Gasteiger partial charge in [-0.15, -0.1) is 0 Å². The molecular formula is C20H26N6. The summed E-state index contributed by atoms with van der Waals surface area (Å²) in [6.07, 6.45) is 6.45. The standard InChI is InChI=1S/C20H26N6/c1-25-8-10-26(11-9-25)17-5-3-16(4-6-17)24-20-18-7-2-15(13-21)12-19(18)22-14-23-20/h2,7,12,14,16-17H,3-6,8-11H2,1H3,(H,22,23,24)/t16-,17-. The van der Waals surface area contributed by atoms with E-state index < -0.39 is 0 Å². The van der Waals surface area contributed by atoms with Gasteiger partial charge in [0, 0.05) is 43.6 Å². The van der Waals surface area contributed by atoms with Crippen LogP contribution < -0.4 is 5.32 Å². The van der Waals surface area contributed by atoms with Gasteiger partial charge < -0.3 is 10.2 Å². The first-order valence-corrected chi connectivity index (χ1v) is 9.57. The van der Waals surface area contributed by atoms with Crippen LogP contribution in [0.2, 0.25) is 0 Å². The van der Waals surface area contributed by atoms with E-state index in [-0.39, 0.29) is 0 Å². The SMILES string of the molecule is CN1CCN([C@H]2CC[C@H](Nc3ncnc4cc(C#N)ccc34)CC2)CC1. The largest absolute Gasteiger partial charge is 0.367 e. The van der Waals surface area contributed by atoms with Gasteiger partial charge in [0.15, 0.2) is 0 Å². The molecule has 0 amide bonds. The molecule has 0 spiro atoms. The average molecular weight is 350 g/mol. The van der Waals surface area contributed by atoms with Crippen molar-refractivity contribution in [3.63, 3.8) is 0 Å². The number of benzene rings is 1. The Balaban J connectivity index is 1.39. The normalized spacial score (nSPS) is 25.1. The Morgan fingerprint density at radius 3 is 2.58 bits per heavy atom.